The number of rotatable bonds is 2. The minimum absolute atomic E-state index is 0.774. The fourth-order valence-corrected chi connectivity index (χ4v) is 1.02. The average molecular weight is 219 g/mol. The highest BCUT2D eigenvalue weighted by Crippen LogP contribution is 2.03. The molecule has 54 valence electrons. The summed E-state index contributed by atoms with van der Waals surface area (Å²) in [6.45, 7) is 0. The van der Waals surface area contributed by atoms with Crippen molar-refractivity contribution in [3.05, 3.63) is 22.7 Å². The molecule has 4 heteroatoms. The van der Waals surface area contributed by atoms with E-state index in [1.165, 1.54) is 0 Å². The molecular weight excluding hydrogens is 212 g/mol. The number of thiol groups is 1. The van der Waals surface area contributed by atoms with E-state index >= 15 is 0 Å². The second-order valence-corrected chi connectivity index (χ2v) is 3.06. The number of hydrogen-bond donors (Lipinski definition) is 1. The number of aromatic nitrogens is 2. The lowest BCUT2D eigenvalue weighted by molar-refractivity contribution is 0.999. The molecule has 0 radical (unpaired) electrons. The summed E-state index contributed by atoms with van der Waals surface area (Å²) in [7, 11) is 0. The van der Waals surface area contributed by atoms with Crippen LogP contribution in [0.3, 0.4) is 0 Å². The Labute approximate surface area is 73.6 Å². The van der Waals surface area contributed by atoms with E-state index in [9.17, 15) is 0 Å². The van der Waals surface area contributed by atoms with Gasteiger partial charge in [0.15, 0.2) is 0 Å². The fourth-order valence-electron chi connectivity index (χ4n) is 0.583. The van der Waals surface area contributed by atoms with Crippen LogP contribution in [0, 0.1) is 0 Å². The van der Waals surface area contributed by atoms with Gasteiger partial charge in [0.05, 0.1) is 11.9 Å². The van der Waals surface area contributed by atoms with Gasteiger partial charge >= 0.3 is 0 Å². The quantitative estimate of drug-likeness (QED) is 0.766. The molecule has 0 spiro atoms. The van der Waals surface area contributed by atoms with E-state index in [4.69, 9.17) is 0 Å². The summed E-state index contributed by atoms with van der Waals surface area (Å²) in [6.07, 6.45) is 4.32. The standard InChI is InChI=1S/C6H7BrN2S/c7-6-4-8-5(1-2-10)3-9-6/h3-4,10H,1-2H2. The topological polar surface area (TPSA) is 25.8 Å². The summed E-state index contributed by atoms with van der Waals surface area (Å²) in [5.41, 5.74) is 0.984. The third-order valence-electron chi connectivity index (χ3n) is 1.04. The molecule has 0 saturated carbocycles. The summed E-state index contributed by atoms with van der Waals surface area (Å²) >= 11 is 7.28. The van der Waals surface area contributed by atoms with Gasteiger partial charge in [0.2, 0.25) is 0 Å². The summed E-state index contributed by atoms with van der Waals surface area (Å²) in [6, 6.07) is 0. The third kappa shape index (κ3) is 2.27. The molecule has 1 aromatic rings. The number of halogens is 1. The third-order valence-corrected chi connectivity index (χ3v) is 1.67. The van der Waals surface area contributed by atoms with Crippen molar-refractivity contribution in [2.24, 2.45) is 0 Å². The molecule has 0 fully saturated rings. The Kier molecular flexibility index (Phi) is 3.15. The molecule has 0 atom stereocenters. The highest BCUT2D eigenvalue weighted by atomic mass is 79.9. The zero-order chi connectivity index (χ0) is 7.40. The van der Waals surface area contributed by atoms with Crippen LogP contribution in [0.15, 0.2) is 17.0 Å². The van der Waals surface area contributed by atoms with Crippen molar-refractivity contribution >= 4 is 28.6 Å². The second kappa shape index (κ2) is 3.93. The van der Waals surface area contributed by atoms with Crippen molar-refractivity contribution in [2.45, 2.75) is 6.42 Å². The summed E-state index contributed by atoms with van der Waals surface area (Å²) in [4.78, 5) is 8.13. The highest BCUT2D eigenvalue weighted by molar-refractivity contribution is 9.10. The normalized spacial score (nSPS) is 9.80. The van der Waals surface area contributed by atoms with E-state index in [0.717, 1.165) is 22.5 Å². The van der Waals surface area contributed by atoms with Gasteiger partial charge in [0.25, 0.3) is 0 Å². The van der Waals surface area contributed by atoms with Crippen LogP contribution in [0.25, 0.3) is 0 Å². The first-order valence-electron chi connectivity index (χ1n) is 2.90. The highest BCUT2D eigenvalue weighted by Gasteiger charge is 1.92. The molecule has 0 bridgehead atoms. The summed E-state index contributed by atoms with van der Waals surface area (Å²) < 4.78 is 0.774. The SMILES string of the molecule is SCCc1cnc(Br)cn1. The van der Waals surface area contributed by atoms with Crippen LogP contribution < -0.4 is 0 Å². The van der Waals surface area contributed by atoms with E-state index in [2.05, 4.69) is 38.5 Å². The molecule has 1 heterocycles. The van der Waals surface area contributed by atoms with E-state index in [-0.39, 0.29) is 0 Å². The van der Waals surface area contributed by atoms with Crippen LogP contribution in [-0.4, -0.2) is 15.7 Å². The Morgan fingerprint density at radius 1 is 1.40 bits per heavy atom. The van der Waals surface area contributed by atoms with Crippen LogP contribution in [0.2, 0.25) is 0 Å². The second-order valence-electron chi connectivity index (χ2n) is 1.80. The molecular formula is C6H7BrN2S. The Morgan fingerprint density at radius 3 is 2.70 bits per heavy atom. The molecule has 1 aromatic heterocycles. The van der Waals surface area contributed by atoms with Crippen LogP contribution in [-0.2, 0) is 6.42 Å². The molecule has 2 nitrogen and oxygen atoms in total. The van der Waals surface area contributed by atoms with E-state index < -0.39 is 0 Å². The number of hydrogen-bond acceptors (Lipinski definition) is 3. The molecule has 0 aliphatic carbocycles. The Morgan fingerprint density at radius 2 is 2.20 bits per heavy atom. The molecule has 0 amide bonds. The van der Waals surface area contributed by atoms with Crippen molar-refractivity contribution in [3.8, 4) is 0 Å². The summed E-state index contributed by atoms with van der Waals surface area (Å²) in [5, 5.41) is 0. The first-order valence-corrected chi connectivity index (χ1v) is 4.33. The number of aryl methyl sites for hydroxylation is 1. The Balaban J connectivity index is 2.69. The zero-order valence-electron chi connectivity index (χ0n) is 5.29. The monoisotopic (exact) mass is 218 g/mol. The molecule has 0 aromatic carbocycles. The van der Waals surface area contributed by atoms with Gasteiger partial charge in [-0.25, -0.2) is 4.98 Å². The van der Waals surface area contributed by atoms with Gasteiger partial charge in [0.1, 0.15) is 4.60 Å². The summed E-state index contributed by atoms with van der Waals surface area (Å²) in [5.74, 6) is 0.816. The molecule has 10 heavy (non-hydrogen) atoms. The Hall–Kier alpha value is -0.0900. The maximum absolute atomic E-state index is 4.11. The lowest BCUT2D eigenvalue weighted by Crippen LogP contribution is -1.91. The van der Waals surface area contributed by atoms with Gasteiger partial charge < -0.3 is 0 Å². The van der Waals surface area contributed by atoms with Gasteiger partial charge in [-0.3, -0.25) is 4.98 Å². The maximum atomic E-state index is 4.11. The van der Waals surface area contributed by atoms with Gasteiger partial charge in [-0.15, -0.1) is 0 Å². The van der Waals surface area contributed by atoms with Gasteiger partial charge in [-0.2, -0.15) is 12.6 Å². The first-order chi connectivity index (χ1) is 4.83. The maximum Gasteiger partial charge on any atom is 0.124 e. The first kappa shape index (κ1) is 8.01. The molecule has 0 saturated heterocycles. The van der Waals surface area contributed by atoms with E-state index in [1.54, 1.807) is 12.4 Å². The van der Waals surface area contributed by atoms with E-state index in [0.29, 0.717) is 0 Å². The molecule has 0 aliphatic rings. The van der Waals surface area contributed by atoms with Crippen LogP contribution in [0.5, 0.6) is 0 Å². The predicted octanol–water partition coefficient (Wildman–Crippen LogP) is 1.71. The lowest BCUT2D eigenvalue weighted by atomic mass is 10.4. The van der Waals surface area contributed by atoms with Crippen molar-refractivity contribution < 1.29 is 0 Å². The minimum atomic E-state index is 0.774. The molecule has 1 rings (SSSR count). The van der Waals surface area contributed by atoms with E-state index in [1.807, 2.05) is 0 Å². The molecule has 0 N–H and O–H groups in total. The van der Waals surface area contributed by atoms with Crippen molar-refractivity contribution in [1.29, 1.82) is 0 Å². The fraction of sp³-hybridized carbons (Fsp3) is 0.333. The van der Waals surface area contributed by atoms with Crippen LogP contribution in [0.1, 0.15) is 5.69 Å². The minimum Gasteiger partial charge on any atom is -0.257 e. The van der Waals surface area contributed by atoms with Gasteiger partial charge in [-0.05, 0) is 21.7 Å². The zero-order valence-corrected chi connectivity index (χ0v) is 7.77. The largest absolute Gasteiger partial charge is 0.257 e. The Bertz CT molecular complexity index is 199. The number of nitrogens with zero attached hydrogens (tertiary/aromatic N) is 2. The lowest BCUT2D eigenvalue weighted by Gasteiger charge is -1.94. The van der Waals surface area contributed by atoms with Gasteiger partial charge in [0, 0.05) is 12.6 Å². The van der Waals surface area contributed by atoms with Crippen LogP contribution >= 0.6 is 28.6 Å². The van der Waals surface area contributed by atoms with Gasteiger partial charge in [-0.1, -0.05) is 0 Å². The van der Waals surface area contributed by atoms with Crippen LogP contribution in [0.4, 0.5) is 0 Å². The van der Waals surface area contributed by atoms with Crippen molar-refractivity contribution in [2.75, 3.05) is 5.75 Å². The predicted molar refractivity (Wildman–Crippen MR) is 47.3 cm³/mol. The van der Waals surface area contributed by atoms with Crippen molar-refractivity contribution in [1.82, 2.24) is 9.97 Å². The molecule has 0 unspecified atom stereocenters. The van der Waals surface area contributed by atoms with Crippen molar-refractivity contribution in [3.63, 3.8) is 0 Å². The average Bonchev–Trinajstić information content (AvgIpc) is 1.95. The smallest absolute Gasteiger partial charge is 0.124 e. The molecule has 0 aliphatic heterocycles.